The van der Waals surface area contributed by atoms with Crippen molar-refractivity contribution in [3.8, 4) is 28.6 Å². The van der Waals surface area contributed by atoms with Crippen molar-refractivity contribution in [2.45, 2.75) is 45.1 Å². The van der Waals surface area contributed by atoms with Crippen LogP contribution in [0.4, 0.5) is 0 Å². The van der Waals surface area contributed by atoms with E-state index < -0.39 is 5.97 Å². The second-order valence-corrected chi connectivity index (χ2v) is 9.79. The van der Waals surface area contributed by atoms with Crippen LogP contribution in [0.5, 0.6) is 17.2 Å². The lowest BCUT2D eigenvalue weighted by Crippen LogP contribution is -2.14. The predicted molar refractivity (Wildman–Crippen MR) is 158 cm³/mol. The van der Waals surface area contributed by atoms with Gasteiger partial charge in [-0.15, -0.1) is 0 Å². The molecule has 0 aliphatic heterocycles. The molecule has 6 rings (SSSR count). The Morgan fingerprint density at radius 1 is 0.825 bits per heavy atom. The summed E-state index contributed by atoms with van der Waals surface area (Å²) < 4.78 is 13.9. The Labute approximate surface area is 234 Å². The van der Waals surface area contributed by atoms with Gasteiger partial charge in [0.1, 0.15) is 23.1 Å². The van der Waals surface area contributed by atoms with Crippen LogP contribution < -0.4 is 9.47 Å². The van der Waals surface area contributed by atoms with Crippen LogP contribution in [-0.2, 0) is 0 Å². The first-order valence-corrected chi connectivity index (χ1v) is 13.9. The number of carbonyl (C=O) groups is 1. The molecule has 40 heavy (non-hydrogen) atoms. The summed E-state index contributed by atoms with van der Waals surface area (Å²) in [5.74, 6) is 2.15. The van der Waals surface area contributed by atoms with Crippen LogP contribution in [0, 0.1) is 0 Å². The summed E-state index contributed by atoms with van der Waals surface area (Å²) in [6.07, 6.45) is 5.88. The number of hydrogen-bond donors (Lipinski definition) is 1. The minimum Gasteiger partial charge on any atom is -0.494 e. The lowest BCUT2D eigenvalue weighted by atomic mass is 9.95. The number of carboxylic acid groups (broad SMARTS) is 1. The van der Waals surface area contributed by atoms with Crippen molar-refractivity contribution in [1.82, 2.24) is 9.55 Å². The molecule has 0 saturated heterocycles. The minimum absolute atomic E-state index is 0.255. The summed E-state index contributed by atoms with van der Waals surface area (Å²) in [4.78, 5) is 16.4. The SMILES string of the molecule is CCOc1cccc(Oc2ccc(-c3nc4cc(C(=O)O)ccc4n3C3CCCCC3)cc2)c1.c1ccccc1. The van der Waals surface area contributed by atoms with Gasteiger partial charge in [0.15, 0.2) is 0 Å². The third-order valence-corrected chi connectivity index (χ3v) is 7.01. The molecule has 5 aromatic rings. The summed E-state index contributed by atoms with van der Waals surface area (Å²) in [5.41, 5.74) is 2.94. The molecule has 6 heteroatoms. The zero-order valence-electron chi connectivity index (χ0n) is 22.7. The van der Waals surface area contributed by atoms with Crippen LogP contribution in [0.25, 0.3) is 22.4 Å². The Kier molecular flexibility index (Phi) is 8.76. The maximum absolute atomic E-state index is 11.5. The molecule has 0 amide bonds. The van der Waals surface area contributed by atoms with E-state index in [2.05, 4.69) is 4.57 Å². The van der Waals surface area contributed by atoms with E-state index in [1.807, 2.05) is 97.9 Å². The second-order valence-electron chi connectivity index (χ2n) is 9.79. The van der Waals surface area contributed by atoms with Gasteiger partial charge in [-0.25, -0.2) is 9.78 Å². The Balaban J connectivity index is 0.000000477. The third kappa shape index (κ3) is 6.52. The maximum atomic E-state index is 11.5. The number of carboxylic acids is 1. The predicted octanol–water partition coefficient (Wildman–Crippen LogP) is 8.78. The summed E-state index contributed by atoms with van der Waals surface area (Å²) in [7, 11) is 0. The largest absolute Gasteiger partial charge is 0.494 e. The summed E-state index contributed by atoms with van der Waals surface area (Å²) in [5, 5.41) is 9.43. The molecule has 1 aliphatic carbocycles. The molecule has 204 valence electrons. The van der Waals surface area contributed by atoms with Crippen LogP contribution in [0.1, 0.15) is 55.4 Å². The van der Waals surface area contributed by atoms with Crippen molar-refractivity contribution >= 4 is 17.0 Å². The molecule has 1 heterocycles. The summed E-state index contributed by atoms with van der Waals surface area (Å²) >= 11 is 0. The number of fused-ring (bicyclic) bond motifs is 1. The zero-order chi connectivity index (χ0) is 27.7. The molecular weight excluding hydrogens is 500 g/mol. The molecule has 1 fully saturated rings. The second kappa shape index (κ2) is 13.0. The van der Waals surface area contributed by atoms with Gasteiger partial charge in [0.2, 0.25) is 0 Å². The number of benzene rings is 4. The maximum Gasteiger partial charge on any atom is 0.335 e. The molecule has 1 saturated carbocycles. The fraction of sp³-hybridized carbons (Fsp3) is 0.235. The van der Waals surface area contributed by atoms with E-state index in [1.165, 1.54) is 19.3 Å². The van der Waals surface area contributed by atoms with E-state index in [0.717, 1.165) is 41.2 Å². The number of nitrogens with zero attached hydrogens (tertiary/aromatic N) is 2. The van der Waals surface area contributed by atoms with Crippen molar-refractivity contribution in [2.24, 2.45) is 0 Å². The van der Waals surface area contributed by atoms with Gasteiger partial charge in [-0.2, -0.15) is 0 Å². The first kappa shape index (κ1) is 27.0. The molecule has 0 radical (unpaired) electrons. The summed E-state index contributed by atoms with van der Waals surface area (Å²) in [6, 6.07) is 33.1. The molecule has 0 unspecified atom stereocenters. The van der Waals surface area contributed by atoms with E-state index >= 15 is 0 Å². The third-order valence-electron chi connectivity index (χ3n) is 7.01. The van der Waals surface area contributed by atoms with Gasteiger partial charge in [0, 0.05) is 17.7 Å². The van der Waals surface area contributed by atoms with Crippen LogP contribution in [0.2, 0.25) is 0 Å². The quantitative estimate of drug-likeness (QED) is 0.226. The Bertz CT molecular complexity index is 1510. The average Bonchev–Trinajstić information content (AvgIpc) is 3.38. The van der Waals surface area contributed by atoms with E-state index in [4.69, 9.17) is 14.5 Å². The van der Waals surface area contributed by atoms with Gasteiger partial charge in [-0.1, -0.05) is 61.7 Å². The van der Waals surface area contributed by atoms with Crippen molar-refractivity contribution in [1.29, 1.82) is 0 Å². The fourth-order valence-electron chi connectivity index (χ4n) is 5.13. The van der Waals surface area contributed by atoms with Gasteiger partial charge >= 0.3 is 5.97 Å². The van der Waals surface area contributed by atoms with Crippen LogP contribution in [-0.4, -0.2) is 27.2 Å². The molecule has 6 nitrogen and oxygen atoms in total. The van der Waals surface area contributed by atoms with Crippen LogP contribution in [0.3, 0.4) is 0 Å². The summed E-state index contributed by atoms with van der Waals surface area (Å²) in [6.45, 7) is 2.56. The Hall–Kier alpha value is -4.58. The zero-order valence-corrected chi connectivity index (χ0v) is 22.7. The molecule has 0 atom stereocenters. The van der Waals surface area contributed by atoms with E-state index in [-0.39, 0.29) is 5.56 Å². The van der Waals surface area contributed by atoms with Gasteiger partial charge in [0.05, 0.1) is 23.2 Å². The Morgan fingerprint density at radius 2 is 1.50 bits per heavy atom. The number of imidazole rings is 1. The highest BCUT2D eigenvalue weighted by Gasteiger charge is 2.23. The van der Waals surface area contributed by atoms with Gasteiger partial charge in [-0.3, -0.25) is 0 Å². The number of ether oxygens (including phenoxy) is 2. The first-order chi connectivity index (χ1) is 19.6. The van der Waals surface area contributed by atoms with Crippen molar-refractivity contribution in [3.05, 3.63) is 109 Å². The highest BCUT2D eigenvalue weighted by molar-refractivity contribution is 5.93. The lowest BCUT2D eigenvalue weighted by Gasteiger charge is -2.25. The van der Waals surface area contributed by atoms with Crippen molar-refractivity contribution in [3.63, 3.8) is 0 Å². The molecule has 4 aromatic carbocycles. The monoisotopic (exact) mass is 534 g/mol. The normalized spacial score (nSPS) is 13.3. The molecule has 0 bridgehead atoms. The topological polar surface area (TPSA) is 73.6 Å². The van der Waals surface area contributed by atoms with E-state index in [1.54, 1.807) is 12.1 Å². The van der Waals surface area contributed by atoms with E-state index in [9.17, 15) is 9.90 Å². The number of rotatable bonds is 7. The van der Waals surface area contributed by atoms with Gasteiger partial charge < -0.3 is 19.1 Å². The number of aromatic nitrogens is 2. The van der Waals surface area contributed by atoms with E-state index in [0.29, 0.717) is 23.9 Å². The molecule has 1 aliphatic rings. The highest BCUT2D eigenvalue weighted by atomic mass is 16.5. The van der Waals surface area contributed by atoms with Gasteiger partial charge in [0.25, 0.3) is 0 Å². The van der Waals surface area contributed by atoms with Crippen molar-refractivity contribution in [2.75, 3.05) is 6.61 Å². The van der Waals surface area contributed by atoms with Gasteiger partial charge in [-0.05, 0) is 74.4 Å². The number of aromatic carboxylic acids is 1. The fourth-order valence-corrected chi connectivity index (χ4v) is 5.13. The molecule has 1 aromatic heterocycles. The highest BCUT2D eigenvalue weighted by Crippen LogP contribution is 2.37. The first-order valence-electron chi connectivity index (χ1n) is 13.9. The van der Waals surface area contributed by atoms with Crippen LogP contribution >= 0.6 is 0 Å². The molecule has 0 spiro atoms. The smallest absolute Gasteiger partial charge is 0.335 e. The standard InChI is InChI=1S/C28H28N2O4.C6H6/c1-2-33-23-9-6-10-24(18-23)34-22-14-11-19(12-15-22)27-29-25-17-20(28(31)32)13-16-26(25)30(27)21-7-4-3-5-8-21;1-2-4-6-5-3-1/h6,9-18,21H,2-5,7-8H2,1H3,(H,31,32);1-6H. The molecule has 1 N–H and O–H groups in total. The number of hydrogen-bond acceptors (Lipinski definition) is 4. The van der Waals surface area contributed by atoms with Crippen molar-refractivity contribution < 1.29 is 19.4 Å². The average molecular weight is 535 g/mol. The Morgan fingerprint density at radius 3 is 2.15 bits per heavy atom. The minimum atomic E-state index is -0.939. The lowest BCUT2D eigenvalue weighted by molar-refractivity contribution is 0.0697. The molecular formula is C34H34N2O4. The van der Waals surface area contributed by atoms with Crippen LogP contribution in [0.15, 0.2) is 103 Å².